The Hall–Kier alpha value is -4.00. The molecule has 1 N–H and O–H groups in total. The summed E-state index contributed by atoms with van der Waals surface area (Å²) in [6.45, 7) is 3.60. The predicted molar refractivity (Wildman–Crippen MR) is 124 cm³/mol. The van der Waals surface area contributed by atoms with Gasteiger partial charge in [0.15, 0.2) is 0 Å². The SMILES string of the molecule is Cc1nc(C(=O)N2Cc3cn(Cc4cccnc4)nc3-c3ccn(C)c3C2)cs1.O=C(O)C(F)(F)F. The second-order valence-electron chi connectivity index (χ2n) is 8.06. The fraction of sp³-hybridized carbons (Fsp3) is 0.261. The second-order valence-corrected chi connectivity index (χ2v) is 9.13. The zero-order valence-electron chi connectivity index (χ0n) is 19.2. The van der Waals surface area contributed by atoms with E-state index < -0.39 is 12.1 Å². The van der Waals surface area contributed by atoms with Gasteiger partial charge in [0.25, 0.3) is 5.91 Å². The van der Waals surface area contributed by atoms with Gasteiger partial charge >= 0.3 is 12.1 Å². The maximum atomic E-state index is 13.1. The number of hydrogen-bond donors (Lipinski definition) is 1. The normalized spacial score (nSPS) is 12.8. The third kappa shape index (κ3) is 5.46. The van der Waals surface area contributed by atoms with Crippen LogP contribution in [0.4, 0.5) is 13.2 Å². The Labute approximate surface area is 207 Å². The van der Waals surface area contributed by atoms with Gasteiger partial charge in [-0.05, 0) is 24.6 Å². The first kappa shape index (κ1) is 25.1. The van der Waals surface area contributed by atoms with Gasteiger partial charge in [0.1, 0.15) is 5.69 Å². The fourth-order valence-electron chi connectivity index (χ4n) is 3.75. The van der Waals surface area contributed by atoms with Crippen LogP contribution in [0.5, 0.6) is 0 Å². The van der Waals surface area contributed by atoms with Crippen molar-refractivity contribution in [3.63, 3.8) is 0 Å². The number of alkyl halides is 3. The molecule has 1 amide bonds. The number of fused-ring (bicyclic) bond motifs is 3. The standard InChI is InChI=1S/C21H20N6OS.C2HF3O2/c1-14-23-18(13-29-14)21(28)26-10-16-11-27(9-15-4-3-6-22-8-15)24-20(16)17-5-7-25(2)19(17)12-26;3-2(4,5)1(6)7/h3-8,11,13H,9-10,12H2,1-2H3;(H,6,7). The Morgan fingerprint density at radius 3 is 2.58 bits per heavy atom. The minimum atomic E-state index is -5.08. The molecule has 0 fully saturated rings. The van der Waals surface area contributed by atoms with E-state index >= 15 is 0 Å². The maximum absolute atomic E-state index is 13.1. The van der Waals surface area contributed by atoms with Crippen molar-refractivity contribution < 1.29 is 27.9 Å². The molecule has 36 heavy (non-hydrogen) atoms. The summed E-state index contributed by atoms with van der Waals surface area (Å²) in [6, 6.07) is 6.04. The van der Waals surface area contributed by atoms with Gasteiger partial charge < -0.3 is 14.6 Å². The van der Waals surface area contributed by atoms with Gasteiger partial charge in [-0.15, -0.1) is 11.3 Å². The molecule has 1 aliphatic rings. The number of aryl methyl sites for hydroxylation is 2. The van der Waals surface area contributed by atoms with Crippen LogP contribution < -0.4 is 0 Å². The molecule has 188 valence electrons. The lowest BCUT2D eigenvalue weighted by Crippen LogP contribution is -2.30. The number of rotatable bonds is 3. The molecule has 0 saturated carbocycles. The molecule has 0 saturated heterocycles. The number of pyridine rings is 1. The monoisotopic (exact) mass is 518 g/mol. The van der Waals surface area contributed by atoms with Crippen LogP contribution in [-0.2, 0) is 31.5 Å². The molecule has 0 atom stereocenters. The summed E-state index contributed by atoms with van der Waals surface area (Å²) in [4.78, 5) is 32.5. The maximum Gasteiger partial charge on any atom is 0.490 e. The minimum Gasteiger partial charge on any atom is -0.475 e. The van der Waals surface area contributed by atoms with Crippen LogP contribution in [0.15, 0.2) is 48.4 Å². The summed E-state index contributed by atoms with van der Waals surface area (Å²) in [7, 11) is 2.01. The molecule has 0 aliphatic carbocycles. The Morgan fingerprint density at radius 2 is 1.97 bits per heavy atom. The predicted octanol–water partition coefficient (Wildman–Crippen LogP) is 3.89. The molecule has 0 aromatic carbocycles. The first-order valence-corrected chi connectivity index (χ1v) is 11.5. The molecule has 4 aromatic rings. The van der Waals surface area contributed by atoms with Crippen molar-refractivity contribution in [1.82, 2.24) is 29.2 Å². The lowest BCUT2D eigenvalue weighted by Gasteiger charge is -2.20. The number of carbonyl (C=O) groups excluding carboxylic acids is 1. The number of thiazole rings is 1. The van der Waals surface area contributed by atoms with E-state index in [9.17, 15) is 18.0 Å². The number of amides is 1. The van der Waals surface area contributed by atoms with E-state index in [1.165, 1.54) is 11.3 Å². The number of hydrogen-bond acceptors (Lipinski definition) is 6. The Balaban J connectivity index is 0.000000384. The molecule has 13 heteroatoms. The molecule has 0 radical (unpaired) electrons. The van der Waals surface area contributed by atoms with E-state index in [0.29, 0.717) is 25.3 Å². The van der Waals surface area contributed by atoms with Gasteiger partial charge in [-0.3, -0.25) is 14.5 Å². The smallest absolute Gasteiger partial charge is 0.475 e. The highest BCUT2D eigenvalue weighted by Gasteiger charge is 2.38. The fourth-order valence-corrected chi connectivity index (χ4v) is 4.34. The first-order chi connectivity index (χ1) is 17.0. The molecule has 9 nitrogen and oxygen atoms in total. The largest absolute Gasteiger partial charge is 0.490 e. The summed E-state index contributed by atoms with van der Waals surface area (Å²) in [5.41, 5.74) is 5.74. The third-order valence-corrected chi connectivity index (χ3v) is 6.20. The molecular formula is C23H21F3N6O3S. The van der Waals surface area contributed by atoms with E-state index in [0.717, 1.165) is 33.1 Å². The van der Waals surface area contributed by atoms with E-state index in [-0.39, 0.29) is 5.91 Å². The number of carboxylic acids is 1. The number of carboxylic acid groups (broad SMARTS) is 1. The van der Waals surface area contributed by atoms with Crippen LogP contribution in [0.2, 0.25) is 0 Å². The summed E-state index contributed by atoms with van der Waals surface area (Å²) in [5, 5.41) is 14.7. The molecule has 5 heterocycles. The van der Waals surface area contributed by atoms with Crippen molar-refractivity contribution in [3.8, 4) is 11.3 Å². The molecule has 0 bridgehead atoms. The Kier molecular flexibility index (Phi) is 6.93. The molecular weight excluding hydrogens is 497 g/mol. The second kappa shape index (κ2) is 9.93. The molecule has 0 spiro atoms. The van der Waals surface area contributed by atoms with Gasteiger partial charge in [-0.25, -0.2) is 9.78 Å². The highest BCUT2D eigenvalue weighted by atomic mass is 32.1. The van der Waals surface area contributed by atoms with Gasteiger partial charge in [0, 0.05) is 54.0 Å². The molecule has 4 aromatic heterocycles. The van der Waals surface area contributed by atoms with Gasteiger partial charge in [-0.2, -0.15) is 18.3 Å². The highest BCUT2D eigenvalue weighted by molar-refractivity contribution is 7.09. The van der Waals surface area contributed by atoms with Crippen LogP contribution in [-0.4, -0.2) is 52.4 Å². The van der Waals surface area contributed by atoms with Crippen LogP contribution in [0.1, 0.15) is 32.3 Å². The summed E-state index contributed by atoms with van der Waals surface area (Å²) in [6.07, 6.45) is 2.59. The topological polar surface area (TPSA) is 106 Å². The number of aliphatic carboxylic acids is 1. The first-order valence-electron chi connectivity index (χ1n) is 10.6. The Bertz CT molecular complexity index is 1390. The Morgan fingerprint density at radius 1 is 1.22 bits per heavy atom. The summed E-state index contributed by atoms with van der Waals surface area (Å²) in [5.74, 6) is -2.80. The van der Waals surface area contributed by atoms with Crippen molar-refractivity contribution >= 4 is 23.2 Å². The van der Waals surface area contributed by atoms with E-state index in [1.807, 2.05) is 59.7 Å². The third-order valence-electron chi connectivity index (χ3n) is 5.43. The molecule has 1 aliphatic heterocycles. The van der Waals surface area contributed by atoms with Crippen molar-refractivity contribution in [2.45, 2.75) is 32.7 Å². The van der Waals surface area contributed by atoms with Crippen LogP contribution in [0.3, 0.4) is 0 Å². The van der Waals surface area contributed by atoms with Gasteiger partial charge in [0.05, 0.1) is 30.3 Å². The number of nitrogens with zero attached hydrogens (tertiary/aromatic N) is 6. The minimum absolute atomic E-state index is 0.0469. The van der Waals surface area contributed by atoms with Crippen LogP contribution in [0, 0.1) is 6.92 Å². The van der Waals surface area contributed by atoms with Crippen molar-refractivity contribution in [1.29, 1.82) is 0 Å². The van der Waals surface area contributed by atoms with Crippen molar-refractivity contribution in [2.75, 3.05) is 0 Å². The molecule has 5 rings (SSSR count). The molecule has 0 unspecified atom stereocenters. The van der Waals surface area contributed by atoms with Crippen LogP contribution in [0.25, 0.3) is 11.3 Å². The van der Waals surface area contributed by atoms with E-state index in [1.54, 1.807) is 6.20 Å². The lowest BCUT2D eigenvalue weighted by molar-refractivity contribution is -0.192. The number of aromatic nitrogens is 5. The number of halogens is 3. The van der Waals surface area contributed by atoms with Crippen LogP contribution >= 0.6 is 11.3 Å². The quantitative estimate of drug-likeness (QED) is 0.441. The van der Waals surface area contributed by atoms with Crippen molar-refractivity contribution in [2.24, 2.45) is 7.05 Å². The zero-order chi connectivity index (χ0) is 26.0. The van der Waals surface area contributed by atoms with E-state index in [2.05, 4.69) is 20.6 Å². The van der Waals surface area contributed by atoms with E-state index in [4.69, 9.17) is 15.0 Å². The average Bonchev–Trinajstić information content (AvgIpc) is 3.50. The average molecular weight is 519 g/mol. The van der Waals surface area contributed by atoms with Gasteiger partial charge in [0.2, 0.25) is 0 Å². The zero-order valence-corrected chi connectivity index (χ0v) is 20.0. The van der Waals surface area contributed by atoms with Gasteiger partial charge in [-0.1, -0.05) is 6.07 Å². The lowest BCUT2D eigenvalue weighted by atomic mass is 10.1. The van der Waals surface area contributed by atoms with Crippen molar-refractivity contribution in [3.05, 3.63) is 75.9 Å². The summed E-state index contributed by atoms with van der Waals surface area (Å²) < 4.78 is 35.7. The highest BCUT2D eigenvalue weighted by Crippen LogP contribution is 2.33. The number of carbonyl (C=O) groups is 2. The summed E-state index contributed by atoms with van der Waals surface area (Å²) >= 11 is 1.50.